The Hall–Kier alpha value is -2.46. The molecular formula is C19H28N4O6. The maximum atomic E-state index is 12.7. The van der Waals surface area contributed by atoms with Crippen molar-refractivity contribution in [2.24, 2.45) is 7.05 Å². The number of nitrogens with zero attached hydrogens (tertiary/aromatic N) is 2. The molecule has 0 unspecified atom stereocenters. The van der Waals surface area contributed by atoms with E-state index in [0.29, 0.717) is 38.8 Å². The van der Waals surface area contributed by atoms with Crippen molar-refractivity contribution in [1.29, 1.82) is 0 Å². The van der Waals surface area contributed by atoms with Crippen LogP contribution in [0, 0.1) is 0 Å². The summed E-state index contributed by atoms with van der Waals surface area (Å²) in [6.45, 7) is 4.37. The number of aryl methyl sites for hydroxylation is 1. The van der Waals surface area contributed by atoms with Crippen LogP contribution < -0.4 is 16.6 Å². The summed E-state index contributed by atoms with van der Waals surface area (Å²) >= 11 is 0. The zero-order valence-corrected chi connectivity index (χ0v) is 17.0. The molecule has 0 aliphatic carbocycles. The number of amides is 2. The lowest BCUT2D eigenvalue weighted by atomic mass is 9.75. The molecule has 2 amide bonds. The van der Waals surface area contributed by atoms with Crippen molar-refractivity contribution < 1.29 is 19.4 Å². The number of H-pyrrole nitrogens is 1. The van der Waals surface area contributed by atoms with Crippen molar-refractivity contribution in [2.45, 2.75) is 56.8 Å². The lowest BCUT2D eigenvalue weighted by molar-refractivity contribution is -0.187. The van der Waals surface area contributed by atoms with E-state index in [9.17, 15) is 24.3 Å². The third-order valence-corrected chi connectivity index (χ3v) is 5.94. The van der Waals surface area contributed by atoms with E-state index in [1.54, 1.807) is 18.7 Å². The molecule has 160 valence electrons. The number of carbonyl (C=O) groups is 2. The van der Waals surface area contributed by atoms with Gasteiger partial charge in [0.25, 0.3) is 11.5 Å². The maximum absolute atomic E-state index is 12.7. The number of piperidine rings is 1. The second kappa shape index (κ2) is 7.75. The molecule has 10 nitrogen and oxygen atoms in total. The number of ether oxygens (including phenoxy) is 1. The van der Waals surface area contributed by atoms with Gasteiger partial charge in [0.1, 0.15) is 5.56 Å². The Morgan fingerprint density at radius 3 is 2.59 bits per heavy atom. The van der Waals surface area contributed by atoms with E-state index in [-0.39, 0.29) is 18.1 Å². The summed E-state index contributed by atoms with van der Waals surface area (Å²) in [5.41, 5.74) is -3.06. The van der Waals surface area contributed by atoms with Crippen LogP contribution in [0.25, 0.3) is 0 Å². The fraction of sp³-hybridized carbons (Fsp3) is 0.684. The van der Waals surface area contributed by atoms with Crippen molar-refractivity contribution in [2.75, 3.05) is 19.7 Å². The first kappa shape index (κ1) is 21.3. The Morgan fingerprint density at radius 2 is 2.00 bits per heavy atom. The van der Waals surface area contributed by atoms with E-state index in [1.807, 2.05) is 0 Å². The second-order valence-corrected chi connectivity index (χ2v) is 8.21. The number of rotatable bonds is 3. The smallest absolute Gasteiger partial charge is 0.328 e. The van der Waals surface area contributed by atoms with E-state index < -0.39 is 34.4 Å². The van der Waals surface area contributed by atoms with Crippen molar-refractivity contribution in [1.82, 2.24) is 19.8 Å². The molecule has 29 heavy (non-hydrogen) atoms. The lowest BCUT2D eigenvalue weighted by Gasteiger charge is -2.51. The monoisotopic (exact) mass is 408 g/mol. The third-order valence-electron chi connectivity index (χ3n) is 5.94. The molecule has 0 bridgehead atoms. The second-order valence-electron chi connectivity index (χ2n) is 8.21. The Morgan fingerprint density at radius 1 is 1.34 bits per heavy atom. The average Bonchev–Trinajstić information content (AvgIpc) is 2.66. The molecule has 2 atom stereocenters. The molecule has 1 spiro atoms. The van der Waals surface area contributed by atoms with Gasteiger partial charge in [-0.3, -0.25) is 19.4 Å². The van der Waals surface area contributed by atoms with Crippen LogP contribution in [0.15, 0.2) is 15.8 Å². The van der Waals surface area contributed by atoms with Crippen LogP contribution in [0.1, 0.15) is 49.9 Å². The van der Waals surface area contributed by atoms with Gasteiger partial charge in [0, 0.05) is 39.2 Å². The Bertz CT molecular complexity index is 910. The highest BCUT2D eigenvalue weighted by atomic mass is 16.5. The number of hydrogen-bond donors (Lipinski definition) is 3. The van der Waals surface area contributed by atoms with Crippen LogP contribution in [-0.2, 0) is 16.6 Å². The number of aromatic nitrogens is 2. The minimum absolute atomic E-state index is 0.0815. The normalized spacial score (nSPS) is 26.3. The van der Waals surface area contributed by atoms with Gasteiger partial charge in [0.05, 0.1) is 23.9 Å². The molecular weight excluding hydrogens is 380 g/mol. The highest BCUT2D eigenvalue weighted by Crippen LogP contribution is 2.39. The van der Waals surface area contributed by atoms with Crippen molar-refractivity contribution in [3.8, 4) is 0 Å². The first-order chi connectivity index (χ1) is 13.6. The largest absolute Gasteiger partial charge is 0.388 e. The van der Waals surface area contributed by atoms with Crippen LogP contribution in [0.5, 0.6) is 0 Å². The van der Waals surface area contributed by atoms with Crippen LogP contribution >= 0.6 is 0 Å². The number of nitrogens with one attached hydrogen (secondary N) is 2. The third kappa shape index (κ3) is 4.27. The van der Waals surface area contributed by atoms with E-state index >= 15 is 0 Å². The number of likely N-dealkylation sites (tertiary alicyclic amines) is 1. The van der Waals surface area contributed by atoms with Crippen LogP contribution in [-0.4, -0.2) is 68.3 Å². The van der Waals surface area contributed by atoms with Crippen LogP contribution in [0.3, 0.4) is 0 Å². The van der Waals surface area contributed by atoms with Crippen molar-refractivity contribution in [3.63, 3.8) is 0 Å². The standard InChI is InChI=1S/C19H28N4O6/c1-4-14(24)20-13-10-29-19(11-18(13,2)28)5-7-23(8-6-19)16(26)12-9-22(3)17(27)21-15(12)25/h9,13,28H,4-8,10-11H2,1-3H3,(H,20,24)(H,21,25,27)/t13-,18-/m0/s1. The SMILES string of the molecule is CCC(=O)N[C@H]1COC2(CCN(C(=O)c3cn(C)c(=O)[nH]c3=O)CC2)C[C@]1(C)O. The zero-order chi connectivity index (χ0) is 21.4. The molecule has 2 aliphatic heterocycles. The summed E-state index contributed by atoms with van der Waals surface area (Å²) in [4.78, 5) is 51.6. The molecule has 0 saturated carbocycles. The summed E-state index contributed by atoms with van der Waals surface area (Å²) < 4.78 is 7.23. The number of carbonyl (C=O) groups excluding carboxylic acids is 2. The Labute approximate surface area is 167 Å². The fourth-order valence-corrected chi connectivity index (χ4v) is 4.08. The number of aliphatic hydroxyl groups is 1. The van der Waals surface area contributed by atoms with Crippen LogP contribution in [0.4, 0.5) is 0 Å². The molecule has 2 fully saturated rings. The molecule has 2 saturated heterocycles. The average molecular weight is 408 g/mol. The van der Waals surface area contributed by atoms with E-state index in [4.69, 9.17) is 4.74 Å². The topological polar surface area (TPSA) is 134 Å². The molecule has 10 heteroatoms. The number of aromatic amines is 1. The summed E-state index contributed by atoms with van der Waals surface area (Å²) in [5.74, 6) is -0.579. The quantitative estimate of drug-likeness (QED) is 0.594. The van der Waals surface area contributed by atoms with Crippen molar-refractivity contribution >= 4 is 11.8 Å². The van der Waals surface area contributed by atoms with Gasteiger partial charge in [-0.05, 0) is 19.8 Å². The highest BCUT2D eigenvalue weighted by molar-refractivity contribution is 5.93. The molecule has 0 aromatic carbocycles. The minimum Gasteiger partial charge on any atom is -0.388 e. The van der Waals surface area contributed by atoms with Crippen LogP contribution in [0.2, 0.25) is 0 Å². The lowest BCUT2D eigenvalue weighted by Crippen LogP contribution is -2.64. The first-order valence-electron chi connectivity index (χ1n) is 9.82. The van der Waals surface area contributed by atoms with Gasteiger partial charge in [-0.15, -0.1) is 0 Å². The van der Waals surface area contributed by atoms with Gasteiger partial charge in [0.2, 0.25) is 5.91 Å². The zero-order valence-electron chi connectivity index (χ0n) is 17.0. The Balaban J connectivity index is 1.67. The summed E-state index contributed by atoms with van der Waals surface area (Å²) in [5, 5.41) is 13.7. The highest BCUT2D eigenvalue weighted by Gasteiger charge is 2.49. The van der Waals surface area contributed by atoms with Gasteiger partial charge in [-0.25, -0.2) is 4.79 Å². The molecule has 1 aromatic heterocycles. The fourth-order valence-electron chi connectivity index (χ4n) is 4.08. The van der Waals surface area contributed by atoms with Gasteiger partial charge < -0.3 is 24.6 Å². The molecule has 3 N–H and O–H groups in total. The maximum Gasteiger partial charge on any atom is 0.328 e. The number of hydrogen-bond acceptors (Lipinski definition) is 6. The summed E-state index contributed by atoms with van der Waals surface area (Å²) in [7, 11) is 1.46. The van der Waals surface area contributed by atoms with E-state index in [1.165, 1.54) is 13.2 Å². The predicted molar refractivity (Wildman–Crippen MR) is 104 cm³/mol. The molecule has 3 rings (SSSR count). The molecule has 1 aromatic rings. The Kier molecular flexibility index (Phi) is 5.68. The summed E-state index contributed by atoms with van der Waals surface area (Å²) in [6, 6.07) is -0.482. The van der Waals surface area contributed by atoms with Gasteiger partial charge >= 0.3 is 5.69 Å². The van der Waals surface area contributed by atoms with Gasteiger partial charge in [-0.1, -0.05) is 6.92 Å². The first-order valence-corrected chi connectivity index (χ1v) is 9.82. The van der Waals surface area contributed by atoms with Gasteiger partial charge in [-0.2, -0.15) is 0 Å². The molecule has 3 heterocycles. The van der Waals surface area contributed by atoms with Crippen molar-refractivity contribution in [3.05, 3.63) is 32.6 Å². The molecule has 0 radical (unpaired) electrons. The van der Waals surface area contributed by atoms with E-state index in [0.717, 1.165) is 4.57 Å². The minimum atomic E-state index is -1.12. The molecule has 2 aliphatic rings. The van der Waals surface area contributed by atoms with E-state index in [2.05, 4.69) is 10.3 Å². The van der Waals surface area contributed by atoms with Gasteiger partial charge in [0.15, 0.2) is 0 Å². The summed E-state index contributed by atoms with van der Waals surface area (Å²) in [6.07, 6.45) is 2.94. The predicted octanol–water partition coefficient (Wildman–Crippen LogP) is -0.885.